The van der Waals surface area contributed by atoms with E-state index in [0.717, 1.165) is 22.0 Å². The third-order valence-corrected chi connectivity index (χ3v) is 6.64. The molecule has 0 bridgehead atoms. The van der Waals surface area contributed by atoms with Gasteiger partial charge in [-0.05, 0) is 17.7 Å². The molecule has 9 heteroatoms. The van der Waals surface area contributed by atoms with Crippen molar-refractivity contribution in [3.05, 3.63) is 35.4 Å². The highest BCUT2D eigenvalue weighted by molar-refractivity contribution is 8.19. The van der Waals surface area contributed by atoms with E-state index in [-0.39, 0.29) is 5.56 Å². The number of nitrogens with zero attached hydrogens (tertiary/aromatic N) is 2. The van der Waals surface area contributed by atoms with Gasteiger partial charge in [-0.3, -0.25) is 9.59 Å². The fourth-order valence-corrected chi connectivity index (χ4v) is 5.10. The van der Waals surface area contributed by atoms with E-state index in [1.807, 2.05) is 0 Å². The Bertz CT molecular complexity index is 615. The molecule has 1 aromatic carbocycles. The molecule has 2 rings (SSSR count). The van der Waals surface area contributed by atoms with E-state index in [0.29, 0.717) is 9.48 Å². The fourth-order valence-electron chi connectivity index (χ4n) is 2.24. The highest BCUT2D eigenvalue weighted by atomic mass is 32.2. The van der Waals surface area contributed by atoms with Gasteiger partial charge in [0.05, 0.1) is 4.58 Å². The van der Waals surface area contributed by atoms with Crippen molar-refractivity contribution in [3.8, 4) is 0 Å². The third-order valence-electron chi connectivity index (χ3n) is 3.53. The number of likely N-dealkylation sites (N-methyl/N-ethyl adjacent to an activating group) is 1. The van der Waals surface area contributed by atoms with Gasteiger partial charge in [-0.2, -0.15) is 13.2 Å². The van der Waals surface area contributed by atoms with Gasteiger partial charge < -0.3 is 9.80 Å². The molecule has 0 saturated carbocycles. The predicted molar refractivity (Wildman–Crippen MR) is 94.8 cm³/mol. The Labute approximate surface area is 153 Å². The summed E-state index contributed by atoms with van der Waals surface area (Å²) in [5.74, 6) is 0.753. The highest BCUT2D eigenvalue weighted by Gasteiger charge is 2.34. The van der Waals surface area contributed by atoms with Crippen LogP contribution in [0.15, 0.2) is 24.3 Å². The van der Waals surface area contributed by atoms with Gasteiger partial charge in [0.1, 0.15) is 13.1 Å². The summed E-state index contributed by atoms with van der Waals surface area (Å²) < 4.78 is 38.6. The van der Waals surface area contributed by atoms with Gasteiger partial charge in [0.15, 0.2) is 0 Å². The van der Waals surface area contributed by atoms with Crippen LogP contribution in [0.5, 0.6) is 0 Å². The van der Waals surface area contributed by atoms with Crippen LogP contribution in [0.2, 0.25) is 0 Å². The minimum Gasteiger partial charge on any atom is -0.347 e. The molecule has 0 aromatic heterocycles. The summed E-state index contributed by atoms with van der Waals surface area (Å²) in [6.07, 6.45) is -4.57. The molecule has 1 aliphatic rings. The van der Waals surface area contributed by atoms with E-state index in [4.69, 9.17) is 0 Å². The van der Waals surface area contributed by atoms with Gasteiger partial charge in [0, 0.05) is 31.2 Å². The fraction of sp³-hybridized carbons (Fsp3) is 0.500. The van der Waals surface area contributed by atoms with Gasteiger partial charge in [0.25, 0.3) is 5.91 Å². The molecule has 1 fully saturated rings. The Morgan fingerprint density at radius 1 is 1.12 bits per heavy atom. The number of alkyl halides is 3. The molecule has 0 unspecified atom stereocenters. The smallest absolute Gasteiger partial charge is 0.347 e. The van der Waals surface area contributed by atoms with Crippen LogP contribution in [0, 0.1) is 0 Å². The number of hydrogen-bond donors (Lipinski definition) is 0. The minimum absolute atomic E-state index is 0.146. The number of hydrogen-bond acceptors (Lipinski definition) is 4. The Morgan fingerprint density at radius 3 is 2.16 bits per heavy atom. The maximum Gasteiger partial charge on any atom is 0.406 e. The first-order valence-electron chi connectivity index (χ1n) is 7.57. The summed E-state index contributed by atoms with van der Waals surface area (Å²) in [6, 6.07) is 6.59. The zero-order chi connectivity index (χ0) is 18.6. The Morgan fingerprint density at radius 2 is 1.68 bits per heavy atom. The lowest BCUT2D eigenvalue weighted by molar-refractivity contribution is -0.146. The summed E-state index contributed by atoms with van der Waals surface area (Å²) >= 11 is 3.61. The van der Waals surface area contributed by atoms with E-state index in [1.54, 1.807) is 35.7 Å². The van der Waals surface area contributed by atoms with Gasteiger partial charge >= 0.3 is 6.18 Å². The summed E-state index contributed by atoms with van der Waals surface area (Å²) in [7, 11) is 2.87. The average Bonchev–Trinajstić information content (AvgIpc) is 3.06. The van der Waals surface area contributed by atoms with Gasteiger partial charge in [-0.25, -0.2) is 0 Å². The molecule has 2 amide bonds. The van der Waals surface area contributed by atoms with Crippen LogP contribution in [-0.4, -0.2) is 66.5 Å². The van der Waals surface area contributed by atoms with E-state index in [9.17, 15) is 22.8 Å². The lowest BCUT2D eigenvalue weighted by atomic mass is 10.1. The second kappa shape index (κ2) is 8.35. The summed E-state index contributed by atoms with van der Waals surface area (Å²) in [4.78, 5) is 25.9. The van der Waals surface area contributed by atoms with Crippen molar-refractivity contribution in [1.82, 2.24) is 9.80 Å². The van der Waals surface area contributed by atoms with Crippen molar-refractivity contribution >= 4 is 35.3 Å². The molecular formula is C16H19F3N2O2S2. The van der Waals surface area contributed by atoms with Crippen LogP contribution in [0.4, 0.5) is 13.2 Å². The van der Waals surface area contributed by atoms with Crippen LogP contribution in [0.1, 0.15) is 20.5 Å². The third kappa shape index (κ3) is 5.85. The largest absolute Gasteiger partial charge is 0.406 e. The molecule has 138 valence electrons. The topological polar surface area (TPSA) is 40.6 Å². The lowest BCUT2D eigenvalue weighted by Crippen LogP contribution is -2.44. The minimum atomic E-state index is -4.57. The van der Waals surface area contributed by atoms with E-state index >= 15 is 0 Å². The van der Waals surface area contributed by atoms with Crippen LogP contribution in [0.25, 0.3) is 0 Å². The SMILES string of the molecule is CN(C)C(=O)CN(CC(F)(F)F)C(=O)c1ccc(C2SCCS2)cc1. The Hall–Kier alpha value is -1.35. The van der Waals surface area contributed by atoms with E-state index < -0.39 is 31.1 Å². The van der Waals surface area contributed by atoms with E-state index in [2.05, 4.69) is 0 Å². The molecule has 0 atom stereocenters. The van der Waals surface area contributed by atoms with Crippen molar-refractivity contribution in [2.45, 2.75) is 10.8 Å². The number of halogens is 3. The van der Waals surface area contributed by atoms with Crippen molar-refractivity contribution in [2.24, 2.45) is 0 Å². The first-order chi connectivity index (χ1) is 11.7. The first kappa shape index (κ1) is 20.0. The molecule has 1 saturated heterocycles. The molecule has 1 aromatic rings. The predicted octanol–water partition coefficient (Wildman–Crippen LogP) is 3.26. The maximum absolute atomic E-state index is 12.8. The first-order valence-corrected chi connectivity index (χ1v) is 9.66. The average molecular weight is 392 g/mol. The molecule has 25 heavy (non-hydrogen) atoms. The van der Waals surface area contributed by atoms with Crippen LogP contribution < -0.4 is 0 Å². The molecular weight excluding hydrogens is 373 g/mol. The molecule has 1 heterocycles. The monoisotopic (exact) mass is 392 g/mol. The van der Waals surface area contributed by atoms with Gasteiger partial charge in [-0.15, -0.1) is 23.5 Å². The number of benzene rings is 1. The molecule has 0 spiro atoms. The number of rotatable bonds is 5. The van der Waals surface area contributed by atoms with Crippen LogP contribution >= 0.6 is 23.5 Å². The van der Waals surface area contributed by atoms with Crippen molar-refractivity contribution in [3.63, 3.8) is 0 Å². The molecule has 0 radical (unpaired) electrons. The van der Waals surface area contributed by atoms with Crippen molar-refractivity contribution in [2.75, 3.05) is 38.7 Å². The van der Waals surface area contributed by atoms with Crippen molar-refractivity contribution < 1.29 is 22.8 Å². The standard InChI is InChI=1S/C16H19F3N2O2S2/c1-20(2)13(22)9-21(10-16(17,18)19)14(23)11-3-5-12(6-4-11)15-24-7-8-25-15/h3-6,15H,7-10H2,1-2H3. The van der Waals surface area contributed by atoms with Crippen molar-refractivity contribution in [1.29, 1.82) is 0 Å². The number of amides is 2. The number of carbonyl (C=O) groups excluding carboxylic acids is 2. The zero-order valence-electron chi connectivity index (χ0n) is 13.9. The van der Waals surface area contributed by atoms with Crippen LogP contribution in [0.3, 0.4) is 0 Å². The summed E-state index contributed by atoms with van der Waals surface area (Å²) in [5, 5.41) is 0. The van der Waals surface area contributed by atoms with Gasteiger partial charge in [-0.1, -0.05) is 12.1 Å². The summed E-state index contributed by atoms with van der Waals surface area (Å²) in [6.45, 7) is -2.07. The van der Waals surface area contributed by atoms with Crippen LogP contribution in [-0.2, 0) is 4.79 Å². The van der Waals surface area contributed by atoms with Gasteiger partial charge in [0.2, 0.25) is 5.91 Å². The highest BCUT2D eigenvalue weighted by Crippen LogP contribution is 2.45. The molecule has 0 N–H and O–H groups in total. The second-order valence-electron chi connectivity index (χ2n) is 5.76. The molecule has 0 aliphatic carbocycles. The maximum atomic E-state index is 12.8. The second-order valence-corrected chi connectivity index (χ2v) is 8.48. The quantitative estimate of drug-likeness (QED) is 0.771. The zero-order valence-corrected chi connectivity index (χ0v) is 15.5. The summed E-state index contributed by atoms with van der Waals surface area (Å²) in [5.41, 5.74) is 1.18. The van der Waals surface area contributed by atoms with E-state index in [1.165, 1.54) is 26.2 Å². The number of carbonyl (C=O) groups is 2. The number of thioether (sulfide) groups is 2. The molecule has 1 aliphatic heterocycles. The Kier molecular flexibility index (Phi) is 6.67. The normalized spacial score (nSPS) is 15.2. The molecule has 4 nitrogen and oxygen atoms in total. The Balaban J connectivity index is 2.15. The lowest BCUT2D eigenvalue weighted by Gasteiger charge is -2.25.